The summed E-state index contributed by atoms with van der Waals surface area (Å²) >= 11 is 0. The molecule has 4 nitrogen and oxygen atoms in total. The van der Waals surface area contributed by atoms with Crippen molar-refractivity contribution in [2.75, 3.05) is 18.5 Å². The predicted octanol–water partition coefficient (Wildman–Crippen LogP) is 6.27. The zero-order valence-electron chi connectivity index (χ0n) is 18.0. The number of esters is 1. The van der Waals surface area contributed by atoms with E-state index in [1.807, 2.05) is 19.1 Å². The second-order valence-electron chi connectivity index (χ2n) is 8.10. The van der Waals surface area contributed by atoms with Gasteiger partial charge in [-0.25, -0.2) is 4.79 Å². The molecule has 29 heavy (non-hydrogen) atoms. The molecule has 0 atom stereocenters. The first kappa shape index (κ1) is 21.1. The molecular weight excluding hydrogens is 360 g/mol. The van der Waals surface area contributed by atoms with Gasteiger partial charge in [-0.05, 0) is 54.8 Å². The third-order valence-corrected chi connectivity index (χ3v) is 5.52. The summed E-state index contributed by atoms with van der Waals surface area (Å²) in [5, 5.41) is 3.50. The topological polar surface area (TPSA) is 50.7 Å². The van der Waals surface area contributed by atoms with Crippen LogP contribution in [0.25, 0.3) is 0 Å². The number of carbonyl (C=O) groups is 1. The fourth-order valence-corrected chi connectivity index (χ4v) is 3.82. The summed E-state index contributed by atoms with van der Waals surface area (Å²) < 4.78 is 5.15. The lowest BCUT2D eigenvalue weighted by atomic mass is 9.78. The lowest BCUT2D eigenvalue weighted by Gasteiger charge is -2.23. The van der Waals surface area contributed by atoms with E-state index in [1.54, 1.807) is 6.07 Å². The molecule has 2 aromatic rings. The fourth-order valence-electron chi connectivity index (χ4n) is 3.82. The van der Waals surface area contributed by atoms with Crippen LogP contribution in [-0.4, -0.2) is 24.8 Å². The number of carbonyl (C=O) groups excluding carboxylic acids is 1. The number of benzene rings is 2. The Kier molecular flexibility index (Phi) is 6.73. The van der Waals surface area contributed by atoms with Gasteiger partial charge in [0, 0.05) is 17.6 Å². The maximum absolute atomic E-state index is 12.1. The number of unbranched alkanes of at least 4 members (excludes halogenated alkanes) is 3. The minimum Gasteiger partial charge on any atom is -0.462 e. The van der Waals surface area contributed by atoms with Gasteiger partial charge >= 0.3 is 5.97 Å². The van der Waals surface area contributed by atoms with Gasteiger partial charge in [-0.1, -0.05) is 52.2 Å². The van der Waals surface area contributed by atoms with Crippen molar-refractivity contribution in [2.24, 2.45) is 4.99 Å². The second kappa shape index (κ2) is 9.25. The molecule has 1 heterocycles. The van der Waals surface area contributed by atoms with Crippen LogP contribution in [-0.2, 0) is 10.2 Å². The Labute approximate surface area is 174 Å². The first-order valence-electron chi connectivity index (χ1n) is 10.7. The lowest BCUT2D eigenvalue weighted by molar-refractivity contribution is 0.0526. The summed E-state index contributed by atoms with van der Waals surface area (Å²) in [6.07, 6.45) is 5.04. The second-order valence-corrected chi connectivity index (χ2v) is 8.10. The Morgan fingerprint density at radius 2 is 1.79 bits per heavy atom. The van der Waals surface area contributed by atoms with Crippen LogP contribution in [0.2, 0.25) is 0 Å². The monoisotopic (exact) mass is 392 g/mol. The molecule has 0 unspecified atom stereocenters. The number of hydrogen-bond donors (Lipinski definition) is 1. The Bertz CT molecular complexity index is 882. The number of nitrogens with one attached hydrogen (secondary N) is 1. The van der Waals surface area contributed by atoms with Crippen molar-refractivity contribution in [3.05, 3.63) is 59.2 Å². The Hall–Kier alpha value is -2.62. The first-order valence-corrected chi connectivity index (χ1v) is 10.7. The molecule has 154 valence electrons. The molecule has 0 aromatic heterocycles. The number of hydrogen-bond acceptors (Lipinski definition) is 4. The van der Waals surface area contributed by atoms with Crippen LogP contribution in [0.5, 0.6) is 0 Å². The van der Waals surface area contributed by atoms with Gasteiger partial charge < -0.3 is 10.1 Å². The van der Waals surface area contributed by atoms with Crippen LogP contribution in [0.15, 0.2) is 47.5 Å². The molecule has 0 saturated heterocycles. The highest BCUT2D eigenvalue weighted by molar-refractivity contribution is 6.12. The average molecular weight is 393 g/mol. The number of rotatable bonds is 9. The molecule has 1 aliphatic heterocycles. The molecule has 0 spiro atoms. The molecule has 1 N–H and O–H groups in total. The molecule has 0 amide bonds. The highest BCUT2D eigenvalue weighted by Gasteiger charge is 2.36. The van der Waals surface area contributed by atoms with E-state index in [0.29, 0.717) is 12.2 Å². The summed E-state index contributed by atoms with van der Waals surface area (Å²) in [7, 11) is 0. The summed E-state index contributed by atoms with van der Waals surface area (Å²) in [5.41, 5.74) is 5.59. The van der Waals surface area contributed by atoms with Gasteiger partial charge in [0.2, 0.25) is 0 Å². The highest BCUT2D eigenvalue weighted by Crippen LogP contribution is 2.42. The van der Waals surface area contributed by atoms with Crippen molar-refractivity contribution >= 4 is 23.1 Å². The molecule has 2 aromatic carbocycles. The quantitative estimate of drug-likeness (QED) is 0.404. The van der Waals surface area contributed by atoms with Crippen molar-refractivity contribution in [2.45, 2.75) is 58.8 Å². The molecule has 4 heteroatoms. The lowest BCUT2D eigenvalue weighted by Crippen LogP contribution is -2.26. The van der Waals surface area contributed by atoms with Gasteiger partial charge in [0.15, 0.2) is 0 Å². The van der Waals surface area contributed by atoms with Crippen LogP contribution in [0.3, 0.4) is 0 Å². The van der Waals surface area contributed by atoms with E-state index in [-0.39, 0.29) is 11.4 Å². The third-order valence-electron chi connectivity index (χ3n) is 5.52. The van der Waals surface area contributed by atoms with E-state index in [4.69, 9.17) is 9.73 Å². The third kappa shape index (κ3) is 4.69. The molecule has 0 radical (unpaired) electrons. The van der Waals surface area contributed by atoms with Crippen LogP contribution in [0.1, 0.15) is 74.9 Å². The maximum Gasteiger partial charge on any atom is 0.338 e. The average Bonchev–Trinajstić information content (AvgIpc) is 2.99. The van der Waals surface area contributed by atoms with Gasteiger partial charge in [-0.2, -0.15) is 0 Å². The standard InChI is InChI=1S/C25H32N2O2/c1-5-7-8-9-16-26-20-13-10-18(11-14-20)23-25(3,4)21-17-19(24(28)29-6-2)12-15-22(21)27-23/h10-15,17,26H,5-9,16H2,1-4H3. The van der Waals surface area contributed by atoms with Crippen LogP contribution < -0.4 is 5.32 Å². The number of anilines is 1. The van der Waals surface area contributed by atoms with Gasteiger partial charge in [-0.3, -0.25) is 4.99 Å². The number of fused-ring (bicyclic) bond motifs is 1. The van der Waals surface area contributed by atoms with Gasteiger partial charge in [0.1, 0.15) is 0 Å². The van der Waals surface area contributed by atoms with Crippen molar-refractivity contribution in [1.29, 1.82) is 0 Å². The summed E-state index contributed by atoms with van der Waals surface area (Å²) in [5.74, 6) is -0.283. The molecule has 1 aliphatic rings. The number of aliphatic imine (C=N–C) groups is 1. The van der Waals surface area contributed by atoms with E-state index >= 15 is 0 Å². The number of nitrogens with zero attached hydrogens (tertiary/aromatic N) is 1. The van der Waals surface area contributed by atoms with Crippen molar-refractivity contribution in [1.82, 2.24) is 0 Å². The van der Waals surface area contributed by atoms with Crippen molar-refractivity contribution in [3.8, 4) is 0 Å². The Balaban J connectivity index is 1.73. The Morgan fingerprint density at radius 1 is 1.03 bits per heavy atom. The van der Waals surface area contributed by atoms with Crippen molar-refractivity contribution < 1.29 is 9.53 Å². The van der Waals surface area contributed by atoms with Gasteiger partial charge in [0.05, 0.1) is 23.6 Å². The molecule has 0 saturated carbocycles. The normalized spacial score (nSPS) is 14.3. The fraction of sp³-hybridized carbons (Fsp3) is 0.440. The summed E-state index contributed by atoms with van der Waals surface area (Å²) in [4.78, 5) is 17.0. The first-order chi connectivity index (χ1) is 14.0. The van der Waals surface area contributed by atoms with Crippen molar-refractivity contribution in [3.63, 3.8) is 0 Å². The van der Waals surface area contributed by atoms with E-state index in [2.05, 4.69) is 50.4 Å². The van der Waals surface area contributed by atoms with Crippen LogP contribution in [0.4, 0.5) is 11.4 Å². The van der Waals surface area contributed by atoms with Gasteiger partial charge in [0.25, 0.3) is 0 Å². The molecule has 0 aliphatic carbocycles. The van der Waals surface area contributed by atoms with E-state index in [9.17, 15) is 4.79 Å². The van der Waals surface area contributed by atoms with E-state index in [0.717, 1.165) is 34.8 Å². The van der Waals surface area contributed by atoms with E-state index in [1.165, 1.54) is 25.7 Å². The smallest absolute Gasteiger partial charge is 0.338 e. The highest BCUT2D eigenvalue weighted by atomic mass is 16.5. The molecule has 3 rings (SSSR count). The van der Waals surface area contributed by atoms with Gasteiger partial charge in [-0.15, -0.1) is 0 Å². The Morgan fingerprint density at radius 3 is 2.48 bits per heavy atom. The summed E-state index contributed by atoms with van der Waals surface area (Å²) in [6, 6.07) is 14.2. The predicted molar refractivity (Wildman–Crippen MR) is 121 cm³/mol. The van der Waals surface area contributed by atoms with E-state index < -0.39 is 0 Å². The zero-order chi connectivity index (χ0) is 20.9. The van der Waals surface area contributed by atoms with Crippen LogP contribution >= 0.6 is 0 Å². The van der Waals surface area contributed by atoms with Crippen LogP contribution in [0, 0.1) is 0 Å². The summed E-state index contributed by atoms with van der Waals surface area (Å²) in [6.45, 7) is 9.75. The largest absolute Gasteiger partial charge is 0.462 e. The zero-order valence-corrected chi connectivity index (χ0v) is 18.0. The molecule has 0 fully saturated rings. The molecule has 0 bridgehead atoms. The SMILES string of the molecule is CCCCCCNc1ccc(C2=Nc3ccc(C(=O)OCC)cc3C2(C)C)cc1. The maximum atomic E-state index is 12.1. The minimum absolute atomic E-state index is 0.271. The molecular formula is C25H32N2O2. The number of ether oxygens (including phenoxy) is 1. The minimum atomic E-state index is -0.283.